The third-order valence-corrected chi connectivity index (χ3v) is 4.89. The molecule has 0 aromatic carbocycles. The molecule has 0 aliphatic rings. The first-order valence-corrected chi connectivity index (χ1v) is 10.7. The van der Waals surface area contributed by atoms with Gasteiger partial charge in [-0.15, -0.1) is 0 Å². The quantitative estimate of drug-likeness (QED) is 0.265. The Bertz CT molecular complexity index is 173. The summed E-state index contributed by atoms with van der Waals surface area (Å²) in [7, 11) is 0. The number of unbranched alkanes of at least 4 members (excludes halogenated alkanes) is 8. The van der Waals surface area contributed by atoms with Gasteiger partial charge in [-0.3, -0.25) is 0 Å². The van der Waals surface area contributed by atoms with E-state index in [1.54, 1.807) is 0 Å². The van der Waals surface area contributed by atoms with Crippen molar-refractivity contribution in [1.82, 2.24) is 0 Å². The molecular formula is C22H48. The molecule has 0 heteroatoms. The monoisotopic (exact) mass is 312 g/mol. The van der Waals surface area contributed by atoms with Gasteiger partial charge >= 0.3 is 0 Å². The third kappa shape index (κ3) is 20.0. The van der Waals surface area contributed by atoms with E-state index in [1.165, 1.54) is 89.9 Å². The standard InChI is InChI=1S/C20H42.C2H6/c1-5-7-8-9-10-11-13-17-20(4)18-15-12-14-16-19(3)6-2;1-2/h19-20H,5-18H2,1-4H3;1-2H3. The number of hydrogen-bond donors (Lipinski definition) is 0. The molecule has 2 unspecified atom stereocenters. The molecule has 0 heterocycles. The average molecular weight is 313 g/mol. The first kappa shape index (κ1) is 24.3. The maximum atomic E-state index is 2.46. The SMILES string of the molecule is CC.CCCCCCCCCC(C)CCCCCC(C)CC. The molecule has 0 saturated heterocycles. The highest BCUT2D eigenvalue weighted by atomic mass is 14.1. The largest absolute Gasteiger partial charge is 0.0683 e. The molecule has 136 valence electrons. The van der Waals surface area contributed by atoms with Crippen LogP contribution in [-0.4, -0.2) is 0 Å². The lowest BCUT2D eigenvalue weighted by Crippen LogP contribution is -1.96. The summed E-state index contributed by atoms with van der Waals surface area (Å²) >= 11 is 0. The molecular weight excluding hydrogens is 264 g/mol. The Hall–Kier alpha value is 0. The predicted molar refractivity (Wildman–Crippen MR) is 106 cm³/mol. The van der Waals surface area contributed by atoms with Crippen LogP contribution >= 0.6 is 0 Å². The van der Waals surface area contributed by atoms with Crippen molar-refractivity contribution in [3.63, 3.8) is 0 Å². The highest BCUT2D eigenvalue weighted by Gasteiger charge is 2.03. The second-order valence-corrected chi connectivity index (χ2v) is 7.17. The van der Waals surface area contributed by atoms with Gasteiger partial charge in [0, 0.05) is 0 Å². The van der Waals surface area contributed by atoms with Gasteiger partial charge in [0.05, 0.1) is 0 Å². The predicted octanol–water partition coefficient (Wildman–Crippen LogP) is 8.79. The Labute approximate surface area is 143 Å². The van der Waals surface area contributed by atoms with Crippen molar-refractivity contribution in [3.8, 4) is 0 Å². The molecule has 0 radical (unpaired) electrons. The second-order valence-electron chi connectivity index (χ2n) is 7.17. The highest BCUT2D eigenvalue weighted by Crippen LogP contribution is 2.19. The van der Waals surface area contributed by atoms with Crippen LogP contribution in [0.1, 0.15) is 131 Å². The fraction of sp³-hybridized carbons (Fsp3) is 1.00. The lowest BCUT2D eigenvalue weighted by molar-refractivity contribution is 0.419. The van der Waals surface area contributed by atoms with Crippen LogP contribution in [0.3, 0.4) is 0 Å². The van der Waals surface area contributed by atoms with Crippen LogP contribution in [0.25, 0.3) is 0 Å². The Morgan fingerprint density at radius 3 is 1.32 bits per heavy atom. The molecule has 0 amide bonds. The van der Waals surface area contributed by atoms with Crippen LogP contribution in [-0.2, 0) is 0 Å². The molecule has 22 heavy (non-hydrogen) atoms. The lowest BCUT2D eigenvalue weighted by Gasteiger charge is -2.12. The van der Waals surface area contributed by atoms with Crippen molar-refractivity contribution in [2.75, 3.05) is 0 Å². The molecule has 0 N–H and O–H groups in total. The van der Waals surface area contributed by atoms with Crippen LogP contribution in [0.15, 0.2) is 0 Å². The summed E-state index contributed by atoms with van der Waals surface area (Å²) in [5.74, 6) is 1.91. The average Bonchev–Trinajstić information content (AvgIpc) is 2.55. The molecule has 0 aliphatic carbocycles. The van der Waals surface area contributed by atoms with Gasteiger partial charge in [0.1, 0.15) is 0 Å². The molecule has 0 fully saturated rings. The van der Waals surface area contributed by atoms with Gasteiger partial charge in [0.15, 0.2) is 0 Å². The fourth-order valence-corrected chi connectivity index (χ4v) is 2.96. The number of hydrogen-bond acceptors (Lipinski definition) is 0. The van der Waals surface area contributed by atoms with E-state index in [0.717, 1.165) is 11.8 Å². The van der Waals surface area contributed by atoms with Crippen LogP contribution in [0.5, 0.6) is 0 Å². The topological polar surface area (TPSA) is 0 Å². The van der Waals surface area contributed by atoms with E-state index in [0.29, 0.717) is 0 Å². The minimum atomic E-state index is 0.945. The maximum absolute atomic E-state index is 2.46. The van der Waals surface area contributed by atoms with Gasteiger partial charge < -0.3 is 0 Å². The van der Waals surface area contributed by atoms with Gasteiger partial charge in [-0.2, -0.15) is 0 Å². The van der Waals surface area contributed by atoms with E-state index in [9.17, 15) is 0 Å². The first-order valence-electron chi connectivity index (χ1n) is 10.7. The van der Waals surface area contributed by atoms with Gasteiger partial charge in [0.2, 0.25) is 0 Å². The zero-order valence-electron chi connectivity index (χ0n) is 17.1. The van der Waals surface area contributed by atoms with Crippen LogP contribution < -0.4 is 0 Å². The Morgan fingerprint density at radius 1 is 0.500 bits per heavy atom. The van der Waals surface area contributed by atoms with Crippen LogP contribution in [0.4, 0.5) is 0 Å². The van der Waals surface area contributed by atoms with Crippen LogP contribution in [0, 0.1) is 11.8 Å². The summed E-state index contributed by atoms with van der Waals surface area (Å²) in [6, 6.07) is 0. The van der Waals surface area contributed by atoms with E-state index in [1.807, 2.05) is 13.8 Å². The molecule has 0 saturated carbocycles. The molecule has 0 spiro atoms. The van der Waals surface area contributed by atoms with Crippen molar-refractivity contribution in [2.24, 2.45) is 11.8 Å². The van der Waals surface area contributed by atoms with Crippen molar-refractivity contribution in [3.05, 3.63) is 0 Å². The van der Waals surface area contributed by atoms with Crippen molar-refractivity contribution >= 4 is 0 Å². The van der Waals surface area contributed by atoms with Crippen molar-refractivity contribution < 1.29 is 0 Å². The second kappa shape index (κ2) is 21.0. The fourth-order valence-electron chi connectivity index (χ4n) is 2.96. The van der Waals surface area contributed by atoms with Crippen LogP contribution in [0.2, 0.25) is 0 Å². The smallest absolute Gasteiger partial charge is 0.0443 e. The summed E-state index contributed by atoms with van der Waals surface area (Å²) in [4.78, 5) is 0. The van der Waals surface area contributed by atoms with E-state index < -0.39 is 0 Å². The Balaban J connectivity index is 0. The first-order chi connectivity index (χ1) is 10.7. The van der Waals surface area contributed by atoms with E-state index in [-0.39, 0.29) is 0 Å². The normalized spacial score (nSPS) is 13.4. The molecule has 0 bridgehead atoms. The third-order valence-electron chi connectivity index (χ3n) is 4.89. The summed E-state index contributed by atoms with van der Waals surface area (Å²) in [5.41, 5.74) is 0. The Morgan fingerprint density at radius 2 is 0.864 bits per heavy atom. The zero-order chi connectivity index (χ0) is 17.1. The van der Waals surface area contributed by atoms with Gasteiger partial charge in [-0.05, 0) is 11.8 Å². The molecule has 0 aliphatic heterocycles. The maximum Gasteiger partial charge on any atom is -0.0443 e. The molecule has 0 rings (SSSR count). The van der Waals surface area contributed by atoms with Gasteiger partial charge in [-0.25, -0.2) is 0 Å². The molecule has 0 aromatic heterocycles. The minimum Gasteiger partial charge on any atom is -0.0683 e. The molecule has 0 aromatic rings. The summed E-state index contributed by atoms with van der Waals surface area (Å²) in [6.07, 6.45) is 20.3. The summed E-state index contributed by atoms with van der Waals surface area (Å²) in [5, 5.41) is 0. The molecule has 2 atom stereocenters. The molecule has 0 nitrogen and oxygen atoms in total. The van der Waals surface area contributed by atoms with Gasteiger partial charge in [-0.1, -0.05) is 131 Å². The van der Waals surface area contributed by atoms with Crippen molar-refractivity contribution in [1.29, 1.82) is 0 Å². The lowest BCUT2D eigenvalue weighted by atomic mass is 9.95. The number of rotatable bonds is 15. The minimum absolute atomic E-state index is 0.945. The van der Waals surface area contributed by atoms with E-state index in [4.69, 9.17) is 0 Å². The van der Waals surface area contributed by atoms with E-state index in [2.05, 4.69) is 27.7 Å². The zero-order valence-corrected chi connectivity index (χ0v) is 17.1. The van der Waals surface area contributed by atoms with E-state index >= 15 is 0 Å². The highest BCUT2D eigenvalue weighted by molar-refractivity contribution is 4.57. The van der Waals surface area contributed by atoms with Crippen molar-refractivity contribution in [2.45, 2.75) is 131 Å². The summed E-state index contributed by atoms with van der Waals surface area (Å²) in [6.45, 7) is 13.5. The summed E-state index contributed by atoms with van der Waals surface area (Å²) < 4.78 is 0. The Kier molecular flexibility index (Phi) is 23.2. The van der Waals surface area contributed by atoms with Gasteiger partial charge in [0.25, 0.3) is 0 Å².